The van der Waals surface area contributed by atoms with Gasteiger partial charge in [0, 0.05) is 5.69 Å². The number of hydrogen-bond donors (Lipinski definition) is 0. The monoisotopic (exact) mass is 247 g/mol. The van der Waals surface area contributed by atoms with Gasteiger partial charge in [-0.2, -0.15) is 0 Å². The van der Waals surface area contributed by atoms with Crippen LogP contribution in [-0.4, -0.2) is 15.3 Å². The minimum absolute atomic E-state index is 0.353. The van der Waals surface area contributed by atoms with Crippen LogP contribution in [0.2, 0.25) is 18.1 Å². The lowest BCUT2D eigenvalue weighted by atomic mass is 10.2. The fourth-order valence-corrected chi connectivity index (χ4v) is 3.48. The van der Waals surface area contributed by atoms with E-state index in [1.807, 2.05) is 6.08 Å². The van der Waals surface area contributed by atoms with Crippen molar-refractivity contribution in [2.75, 3.05) is 11.6 Å². The van der Waals surface area contributed by atoms with Crippen LogP contribution >= 0.6 is 0 Å². The van der Waals surface area contributed by atoms with Crippen LogP contribution in [-0.2, 0) is 0 Å². The summed E-state index contributed by atoms with van der Waals surface area (Å²) in [5, 5.41) is 0.353. The van der Waals surface area contributed by atoms with Crippen LogP contribution in [0.25, 0.3) is 6.08 Å². The molecule has 0 aliphatic rings. The second-order valence-electron chi connectivity index (χ2n) is 6.17. The zero-order valence-corrected chi connectivity index (χ0v) is 13.0. The molecule has 0 N–H and O–H groups in total. The quantitative estimate of drug-likeness (QED) is 0.695. The van der Waals surface area contributed by atoms with Gasteiger partial charge in [0.2, 0.25) is 0 Å². The maximum Gasteiger partial charge on any atom is 0.155 e. The summed E-state index contributed by atoms with van der Waals surface area (Å²) in [6.07, 6.45) is 1.91. The van der Waals surface area contributed by atoms with Gasteiger partial charge in [-0.05, 0) is 29.8 Å². The van der Waals surface area contributed by atoms with Crippen LogP contribution in [0.5, 0.6) is 0 Å². The Morgan fingerprint density at radius 1 is 1.24 bits per heavy atom. The smallest absolute Gasteiger partial charge is 0.155 e. The first-order valence-electron chi connectivity index (χ1n) is 6.16. The molecule has 94 valence electrons. The maximum absolute atomic E-state index is 3.84. The number of rotatable bonds is 3. The highest BCUT2D eigenvalue weighted by molar-refractivity contribution is 6.83. The molecule has 0 saturated carbocycles. The van der Waals surface area contributed by atoms with Gasteiger partial charge in [-0.1, -0.05) is 58.7 Å². The van der Waals surface area contributed by atoms with Gasteiger partial charge in [-0.25, -0.2) is 0 Å². The van der Waals surface area contributed by atoms with E-state index in [4.69, 9.17) is 0 Å². The molecular formula is C15H25NSi. The minimum atomic E-state index is -1.49. The highest BCUT2D eigenvalue weighted by Crippen LogP contribution is 2.39. The molecule has 0 amide bonds. The van der Waals surface area contributed by atoms with E-state index in [0.717, 1.165) is 0 Å². The molecule has 0 heterocycles. The summed E-state index contributed by atoms with van der Waals surface area (Å²) in [7, 11) is 0.736. The molecule has 0 bridgehead atoms. The summed E-state index contributed by atoms with van der Waals surface area (Å²) < 4.78 is 2.49. The normalized spacial score (nSPS) is 12.4. The molecule has 0 fully saturated rings. The van der Waals surface area contributed by atoms with Gasteiger partial charge >= 0.3 is 0 Å². The molecular weight excluding hydrogens is 222 g/mol. The first kappa shape index (κ1) is 14.0. The molecule has 0 atom stereocenters. The predicted octanol–water partition coefficient (Wildman–Crippen LogP) is 4.77. The van der Waals surface area contributed by atoms with E-state index in [9.17, 15) is 0 Å². The SMILES string of the molecule is C=Cc1cccc(N(C)[Si](C)(C)C(C)(C)C)c1. The van der Waals surface area contributed by atoms with Crippen molar-refractivity contribution in [1.82, 2.24) is 0 Å². The van der Waals surface area contributed by atoms with E-state index in [2.05, 4.69) is 76.3 Å². The Hall–Kier alpha value is -1.02. The highest BCUT2D eigenvalue weighted by atomic mass is 28.3. The fraction of sp³-hybridized carbons (Fsp3) is 0.467. The van der Waals surface area contributed by atoms with Gasteiger partial charge in [0.25, 0.3) is 0 Å². The molecule has 0 unspecified atom stereocenters. The summed E-state index contributed by atoms with van der Waals surface area (Å²) >= 11 is 0. The van der Waals surface area contributed by atoms with Gasteiger partial charge in [0.1, 0.15) is 0 Å². The van der Waals surface area contributed by atoms with Crippen molar-refractivity contribution in [3.63, 3.8) is 0 Å². The van der Waals surface area contributed by atoms with Crippen LogP contribution in [0.1, 0.15) is 26.3 Å². The standard InChI is InChI=1S/C15H25NSi/c1-8-13-10-9-11-14(12-13)16(5)17(6,7)15(2,3)4/h8-12H,1H2,2-7H3. The van der Waals surface area contributed by atoms with Crippen molar-refractivity contribution in [3.8, 4) is 0 Å². The van der Waals surface area contributed by atoms with E-state index >= 15 is 0 Å². The van der Waals surface area contributed by atoms with Crippen LogP contribution in [0.15, 0.2) is 30.8 Å². The van der Waals surface area contributed by atoms with E-state index in [0.29, 0.717) is 5.04 Å². The average Bonchev–Trinajstić information content (AvgIpc) is 2.26. The molecule has 1 aromatic carbocycles. The fourth-order valence-electron chi connectivity index (χ4n) is 1.69. The van der Waals surface area contributed by atoms with E-state index < -0.39 is 8.24 Å². The maximum atomic E-state index is 3.84. The number of nitrogens with zero attached hydrogens (tertiary/aromatic N) is 1. The lowest BCUT2D eigenvalue weighted by Gasteiger charge is -2.45. The van der Waals surface area contributed by atoms with Crippen LogP contribution in [0, 0.1) is 0 Å². The Morgan fingerprint density at radius 3 is 2.29 bits per heavy atom. The van der Waals surface area contributed by atoms with E-state index in [1.54, 1.807) is 0 Å². The molecule has 0 aliphatic heterocycles. The third kappa shape index (κ3) is 2.81. The molecule has 1 nitrogen and oxygen atoms in total. The summed E-state index contributed by atoms with van der Waals surface area (Å²) in [5.41, 5.74) is 2.49. The van der Waals surface area contributed by atoms with Gasteiger partial charge in [0.15, 0.2) is 8.24 Å². The molecule has 0 radical (unpaired) electrons. The third-order valence-electron chi connectivity index (χ3n) is 4.17. The zero-order chi connectivity index (χ0) is 13.3. The lowest BCUT2D eigenvalue weighted by molar-refractivity contribution is 0.712. The van der Waals surface area contributed by atoms with Crippen molar-refractivity contribution in [3.05, 3.63) is 36.4 Å². The van der Waals surface area contributed by atoms with E-state index in [-0.39, 0.29) is 0 Å². The molecule has 0 aromatic heterocycles. The molecule has 17 heavy (non-hydrogen) atoms. The number of anilines is 1. The molecule has 0 aliphatic carbocycles. The first-order chi connectivity index (χ1) is 7.70. The summed E-state index contributed by atoms with van der Waals surface area (Å²) in [5.74, 6) is 0. The highest BCUT2D eigenvalue weighted by Gasteiger charge is 2.39. The molecule has 0 spiro atoms. The minimum Gasteiger partial charge on any atom is -0.400 e. The Morgan fingerprint density at radius 2 is 1.82 bits per heavy atom. The van der Waals surface area contributed by atoms with Gasteiger partial charge in [0.05, 0.1) is 0 Å². The first-order valence-corrected chi connectivity index (χ1v) is 9.11. The van der Waals surface area contributed by atoms with Gasteiger partial charge in [-0.15, -0.1) is 0 Å². The van der Waals surface area contributed by atoms with Crippen LogP contribution in [0.3, 0.4) is 0 Å². The molecule has 1 aromatic rings. The zero-order valence-electron chi connectivity index (χ0n) is 12.0. The second-order valence-corrected chi connectivity index (χ2v) is 11.5. The molecule has 2 heteroatoms. The van der Waals surface area contributed by atoms with Crippen molar-refractivity contribution in [2.24, 2.45) is 0 Å². The Bertz CT molecular complexity index is 402. The van der Waals surface area contributed by atoms with E-state index in [1.165, 1.54) is 11.3 Å². The molecule has 0 saturated heterocycles. The Kier molecular flexibility index (Phi) is 3.87. The summed E-state index contributed by atoms with van der Waals surface area (Å²) in [4.78, 5) is 0. The second kappa shape index (κ2) is 4.69. The lowest BCUT2D eigenvalue weighted by Crippen LogP contribution is -2.53. The predicted molar refractivity (Wildman–Crippen MR) is 82.1 cm³/mol. The molecule has 1 rings (SSSR count). The van der Waals surface area contributed by atoms with Crippen molar-refractivity contribution < 1.29 is 0 Å². The van der Waals surface area contributed by atoms with Crippen LogP contribution < -0.4 is 4.57 Å². The van der Waals surface area contributed by atoms with Gasteiger partial charge < -0.3 is 4.57 Å². The van der Waals surface area contributed by atoms with Crippen molar-refractivity contribution in [2.45, 2.75) is 38.9 Å². The summed E-state index contributed by atoms with van der Waals surface area (Å²) in [6.45, 7) is 15.7. The van der Waals surface area contributed by atoms with Crippen LogP contribution in [0.4, 0.5) is 5.69 Å². The van der Waals surface area contributed by atoms with Gasteiger partial charge in [-0.3, -0.25) is 0 Å². The topological polar surface area (TPSA) is 3.24 Å². The number of benzene rings is 1. The summed E-state index contributed by atoms with van der Waals surface area (Å²) in [6, 6.07) is 8.60. The third-order valence-corrected chi connectivity index (χ3v) is 9.77. The largest absolute Gasteiger partial charge is 0.400 e. The van der Waals surface area contributed by atoms with Crippen molar-refractivity contribution >= 4 is 20.0 Å². The Labute approximate surface area is 107 Å². The Balaban J connectivity index is 3.11. The number of hydrogen-bond acceptors (Lipinski definition) is 1. The average molecular weight is 247 g/mol. The van der Waals surface area contributed by atoms with Crippen molar-refractivity contribution in [1.29, 1.82) is 0 Å².